The molecule has 28 heavy (non-hydrogen) atoms. The number of imidazole rings is 1. The summed E-state index contributed by atoms with van der Waals surface area (Å²) in [4.78, 5) is 17.0. The molecule has 7 nitrogen and oxygen atoms in total. The summed E-state index contributed by atoms with van der Waals surface area (Å²) in [7, 11) is 0. The number of hydrogen-bond acceptors (Lipinski definition) is 4. The zero-order valence-electron chi connectivity index (χ0n) is 16.7. The van der Waals surface area contributed by atoms with Gasteiger partial charge in [-0.1, -0.05) is 24.9 Å². The molecule has 2 aromatic heterocycles. The monoisotopic (exact) mass is 400 g/mol. The summed E-state index contributed by atoms with van der Waals surface area (Å²) in [6.45, 7) is 9.62. The summed E-state index contributed by atoms with van der Waals surface area (Å²) in [6, 6.07) is 5.47. The van der Waals surface area contributed by atoms with E-state index in [-0.39, 0.29) is 5.91 Å². The standard InChI is InChI=1S/C20H25ClN6O/c1-5-7-10-27-19(21)16(13(3)25-27)12-22-24-20(28)15-8-9-18-17(11-15)23-14(4)26(18)6-2/h8-9,11-12H,5-7,10H2,1-4H3,(H,24,28)/b22-12-. The number of fused-ring (bicyclic) bond motifs is 1. The average Bonchev–Trinajstić information content (AvgIpc) is 3.14. The van der Waals surface area contributed by atoms with Crippen molar-refractivity contribution >= 4 is 34.8 Å². The van der Waals surface area contributed by atoms with Crippen LogP contribution in [0.4, 0.5) is 0 Å². The van der Waals surface area contributed by atoms with Crippen LogP contribution in [0.25, 0.3) is 11.0 Å². The number of rotatable bonds is 7. The fourth-order valence-corrected chi connectivity index (χ4v) is 3.49. The van der Waals surface area contributed by atoms with E-state index >= 15 is 0 Å². The molecular weight excluding hydrogens is 376 g/mol. The summed E-state index contributed by atoms with van der Waals surface area (Å²) in [6.07, 6.45) is 3.61. The van der Waals surface area contributed by atoms with Gasteiger partial charge >= 0.3 is 0 Å². The quantitative estimate of drug-likeness (QED) is 0.479. The van der Waals surface area contributed by atoms with E-state index in [1.54, 1.807) is 23.0 Å². The number of benzene rings is 1. The van der Waals surface area contributed by atoms with Gasteiger partial charge in [-0.05, 0) is 45.4 Å². The van der Waals surface area contributed by atoms with E-state index in [2.05, 4.69) is 39.0 Å². The molecule has 0 saturated heterocycles. The first-order valence-corrected chi connectivity index (χ1v) is 9.87. The van der Waals surface area contributed by atoms with Gasteiger partial charge in [-0.3, -0.25) is 9.48 Å². The molecule has 3 rings (SSSR count). The van der Waals surface area contributed by atoms with Crippen LogP contribution in [0.3, 0.4) is 0 Å². The number of hydrazone groups is 1. The Morgan fingerprint density at radius 2 is 2.11 bits per heavy atom. The van der Waals surface area contributed by atoms with E-state index in [0.717, 1.165) is 48.5 Å². The molecule has 0 aliphatic rings. The minimum atomic E-state index is -0.297. The van der Waals surface area contributed by atoms with Crippen LogP contribution >= 0.6 is 11.6 Å². The van der Waals surface area contributed by atoms with E-state index in [0.29, 0.717) is 16.3 Å². The van der Waals surface area contributed by atoms with Crippen LogP contribution in [-0.2, 0) is 13.1 Å². The number of nitrogens with zero attached hydrogens (tertiary/aromatic N) is 5. The predicted molar refractivity (Wildman–Crippen MR) is 112 cm³/mol. The minimum Gasteiger partial charge on any atom is -0.329 e. The molecule has 0 saturated carbocycles. The molecule has 1 N–H and O–H groups in total. The van der Waals surface area contributed by atoms with Gasteiger partial charge in [0.15, 0.2) is 0 Å². The number of aryl methyl sites for hydroxylation is 4. The molecule has 0 aliphatic carbocycles. The molecule has 0 unspecified atom stereocenters. The van der Waals surface area contributed by atoms with Gasteiger partial charge in [0.1, 0.15) is 11.0 Å². The SMILES string of the molecule is CCCCn1nc(C)c(/C=N\NC(=O)c2ccc3c(c2)nc(C)n3CC)c1Cl. The molecule has 0 fully saturated rings. The summed E-state index contributed by atoms with van der Waals surface area (Å²) in [5.41, 5.74) is 6.37. The van der Waals surface area contributed by atoms with E-state index in [9.17, 15) is 4.79 Å². The van der Waals surface area contributed by atoms with Crippen molar-refractivity contribution in [1.29, 1.82) is 0 Å². The van der Waals surface area contributed by atoms with Crippen LogP contribution in [0.15, 0.2) is 23.3 Å². The van der Waals surface area contributed by atoms with E-state index < -0.39 is 0 Å². The maximum atomic E-state index is 12.4. The molecule has 0 bridgehead atoms. The van der Waals surface area contributed by atoms with Crippen molar-refractivity contribution in [3.8, 4) is 0 Å². The Morgan fingerprint density at radius 1 is 1.32 bits per heavy atom. The molecule has 0 radical (unpaired) electrons. The van der Waals surface area contributed by atoms with E-state index in [1.165, 1.54) is 0 Å². The lowest BCUT2D eigenvalue weighted by molar-refractivity contribution is 0.0955. The first-order valence-electron chi connectivity index (χ1n) is 9.49. The summed E-state index contributed by atoms with van der Waals surface area (Å²) in [5.74, 6) is 0.632. The first kappa shape index (κ1) is 20.1. The lowest BCUT2D eigenvalue weighted by Gasteiger charge is -2.03. The maximum absolute atomic E-state index is 12.4. The molecule has 2 heterocycles. The summed E-state index contributed by atoms with van der Waals surface area (Å²) < 4.78 is 3.88. The summed E-state index contributed by atoms with van der Waals surface area (Å²) in [5, 5.41) is 9.02. The second-order valence-electron chi connectivity index (χ2n) is 6.67. The molecular formula is C20H25ClN6O. The van der Waals surface area contributed by atoms with Crippen molar-refractivity contribution in [2.45, 2.75) is 53.6 Å². The van der Waals surface area contributed by atoms with Gasteiger partial charge < -0.3 is 4.57 Å². The molecule has 0 atom stereocenters. The van der Waals surface area contributed by atoms with Crippen molar-refractivity contribution in [2.75, 3.05) is 0 Å². The van der Waals surface area contributed by atoms with Crippen LogP contribution in [0, 0.1) is 13.8 Å². The van der Waals surface area contributed by atoms with Crippen molar-refractivity contribution in [2.24, 2.45) is 5.10 Å². The number of hydrogen-bond donors (Lipinski definition) is 1. The Labute approximate surface area is 169 Å². The van der Waals surface area contributed by atoms with Gasteiger partial charge in [-0.2, -0.15) is 10.2 Å². The fraction of sp³-hybridized carbons (Fsp3) is 0.400. The van der Waals surface area contributed by atoms with Gasteiger partial charge in [0.25, 0.3) is 5.91 Å². The van der Waals surface area contributed by atoms with Crippen molar-refractivity contribution in [3.05, 3.63) is 46.0 Å². The van der Waals surface area contributed by atoms with Crippen molar-refractivity contribution < 1.29 is 4.79 Å². The lowest BCUT2D eigenvalue weighted by atomic mass is 10.2. The third-order valence-corrected chi connectivity index (χ3v) is 5.11. The number of halogens is 1. The lowest BCUT2D eigenvalue weighted by Crippen LogP contribution is -2.17. The highest BCUT2D eigenvalue weighted by Crippen LogP contribution is 2.19. The number of aromatic nitrogens is 4. The number of nitrogens with one attached hydrogen (secondary N) is 1. The van der Waals surface area contributed by atoms with Crippen molar-refractivity contribution in [1.82, 2.24) is 24.8 Å². The number of carbonyl (C=O) groups excluding carboxylic acids is 1. The summed E-state index contributed by atoms with van der Waals surface area (Å²) >= 11 is 6.38. The second kappa shape index (κ2) is 8.56. The number of unbranched alkanes of at least 4 members (excludes halogenated alkanes) is 1. The van der Waals surface area contributed by atoms with Gasteiger partial charge in [-0.15, -0.1) is 0 Å². The van der Waals surface area contributed by atoms with Gasteiger partial charge in [0.05, 0.1) is 28.5 Å². The largest absolute Gasteiger partial charge is 0.329 e. The number of carbonyl (C=O) groups is 1. The van der Waals surface area contributed by atoms with Gasteiger partial charge in [-0.25, -0.2) is 10.4 Å². The van der Waals surface area contributed by atoms with Gasteiger partial charge in [0.2, 0.25) is 0 Å². The Bertz CT molecular complexity index is 1030. The molecule has 1 amide bonds. The van der Waals surface area contributed by atoms with Crippen molar-refractivity contribution in [3.63, 3.8) is 0 Å². The Hall–Kier alpha value is -2.67. The van der Waals surface area contributed by atoms with Gasteiger partial charge in [0, 0.05) is 18.7 Å². The third-order valence-electron chi connectivity index (χ3n) is 4.71. The van der Waals surface area contributed by atoms with Crippen LogP contribution < -0.4 is 5.43 Å². The fourth-order valence-electron chi connectivity index (χ4n) is 3.18. The normalized spacial score (nSPS) is 11.6. The molecule has 8 heteroatoms. The highest BCUT2D eigenvalue weighted by Gasteiger charge is 2.13. The maximum Gasteiger partial charge on any atom is 0.271 e. The molecule has 0 aliphatic heterocycles. The zero-order valence-corrected chi connectivity index (χ0v) is 17.4. The third kappa shape index (κ3) is 3.94. The number of amides is 1. The Balaban J connectivity index is 1.73. The smallest absolute Gasteiger partial charge is 0.271 e. The minimum absolute atomic E-state index is 0.297. The molecule has 1 aromatic carbocycles. The van der Waals surface area contributed by atoms with Crippen LogP contribution in [-0.4, -0.2) is 31.5 Å². The second-order valence-corrected chi connectivity index (χ2v) is 7.03. The van der Waals surface area contributed by atoms with E-state index in [4.69, 9.17) is 11.6 Å². The first-order chi connectivity index (χ1) is 13.5. The Kier molecular flexibility index (Phi) is 6.14. The molecule has 148 valence electrons. The Morgan fingerprint density at radius 3 is 2.82 bits per heavy atom. The average molecular weight is 401 g/mol. The highest BCUT2D eigenvalue weighted by atomic mass is 35.5. The topological polar surface area (TPSA) is 77.1 Å². The van der Waals surface area contributed by atoms with Crippen LogP contribution in [0.5, 0.6) is 0 Å². The zero-order chi connectivity index (χ0) is 20.3. The van der Waals surface area contributed by atoms with Crippen LogP contribution in [0.1, 0.15) is 54.1 Å². The predicted octanol–water partition coefficient (Wildman–Crippen LogP) is 4.09. The van der Waals surface area contributed by atoms with E-state index in [1.807, 2.05) is 19.9 Å². The highest BCUT2D eigenvalue weighted by molar-refractivity contribution is 6.32. The molecule has 0 spiro atoms. The van der Waals surface area contributed by atoms with Crippen LogP contribution in [0.2, 0.25) is 5.15 Å². The molecule has 3 aromatic rings.